The van der Waals surface area contributed by atoms with Crippen LogP contribution < -0.4 is 16.0 Å². The number of rotatable bonds is 7. The van der Waals surface area contributed by atoms with E-state index in [0.717, 1.165) is 53.8 Å². The van der Waals surface area contributed by atoms with Crippen LogP contribution in [0.5, 0.6) is 0 Å². The van der Waals surface area contributed by atoms with E-state index in [-0.39, 0.29) is 5.82 Å². The van der Waals surface area contributed by atoms with Crippen LogP contribution in [-0.2, 0) is 0 Å². The molecule has 2 aromatic carbocycles. The standard InChI is InChI=1S/C26H30FN5/c1-3-23(18-7-8-18)30-25-22-6-4-5-21(17-9-11-28-12-10-17)24(22)31-26(32-25)29-20-14-16(2)13-19(27)15-20/h4-6,9,13-15,18,23,28H,3,7-8,10-12H2,1-2H3,(H2,29,30,31,32)/t23-/m1/s1. The molecule has 1 saturated carbocycles. The number of hydrogen-bond donors (Lipinski definition) is 3. The van der Waals surface area contributed by atoms with Crippen molar-refractivity contribution in [1.29, 1.82) is 0 Å². The zero-order chi connectivity index (χ0) is 22.1. The van der Waals surface area contributed by atoms with Crippen molar-refractivity contribution in [2.24, 2.45) is 5.92 Å². The third-order valence-corrected chi connectivity index (χ3v) is 6.39. The van der Waals surface area contributed by atoms with Gasteiger partial charge in [0.05, 0.1) is 5.52 Å². The Morgan fingerprint density at radius 3 is 2.78 bits per heavy atom. The van der Waals surface area contributed by atoms with Crippen LogP contribution in [0.4, 0.5) is 21.8 Å². The van der Waals surface area contributed by atoms with Crippen molar-refractivity contribution in [1.82, 2.24) is 15.3 Å². The van der Waals surface area contributed by atoms with Gasteiger partial charge in [0.15, 0.2) is 0 Å². The molecular weight excluding hydrogens is 401 g/mol. The van der Waals surface area contributed by atoms with Crippen LogP contribution in [-0.4, -0.2) is 29.1 Å². The van der Waals surface area contributed by atoms with E-state index >= 15 is 0 Å². The van der Waals surface area contributed by atoms with Crippen molar-refractivity contribution in [2.45, 2.75) is 45.6 Å². The van der Waals surface area contributed by atoms with Crippen LogP contribution in [0.2, 0.25) is 0 Å². The van der Waals surface area contributed by atoms with Crippen molar-refractivity contribution >= 4 is 33.9 Å². The number of nitrogens with one attached hydrogen (secondary N) is 3. The van der Waals surface area contributed by atoms with E-state index < -0.39 is 0 Å². The number of nitrogens with zero attached hydrogens (tertiary/aromatic N) is 2. The summed E-state index contributed by atoms with van der Waals surface area (Å²) in [7, 11) is 0. The summed E-state index contributed by atoms with van der Waals surface area (Å²) in [6, 6.07) is 11.6. The number of aryl methyl sites for hydroxylation is 1. The highest BCUT2D eigenvalue weighted by atomic mass is 19.1. The van der Waals surface area contributed by atoms with Gasteiger partial charge in [0.25, 0.3) is 0 Å². The van der Waals surface area contributed by atoms with Gasteiger partial charge in [0.1, 0.15) is 11.6 Å². The molecule has 3 N–H and O–H groups in total. The Hall–Kier alpha value is -2.99. The number of para-hydroxylation sites is 1. The zero-order valence-electron chi connectivity index (χ0n) is 18.7. The molecule has 166 valence electrons. The van der Waals surface area contributed by atoms with Crippen LogP contribution in [0, 0.1) is 18.7 Å². The predicted octanol–water partition coefficient (Wildman–Crippen LogP) is 5.80. The molecule has 0 bridgehead atoms. The summed E-state index contributed by atoms with van der Waals surface area (Å²) in [5.74, 6) is 1.77. The monoisotopic (exact) mass is 431 g/mol. The topological polar surface area (TPSA) is 61.9 Å². The quantitative estimate of drug-likeness (QED) is 0.441. The van der Waals surface area contributed by atoms with Gasteiger partial charge in [-0.3, -0.25) is 0 Å². The van der Waals surface area contributed by atoms with Crippen LogP contribution in [0.1, 0.15) is 43.7 Å². The van der Waals surface area contributed by atoms with Crippen molar-refractivity contribution < 1.29 is 4.39 Å². The summed E-state index contributed by atoms with van der Waals surface area (Å²) < 4.78 is 14.0. The highest BCUT2D eigenvalue weighted by Crippen LogP contribution is 2.37. The van der Waals surface area contributed by atoms with Gasteiger partial charge in [-0.15, -0.1) is 0 Å². The third-order valence-electron chi connectivity index (χ3n) is 6.39. The Bertz CT molecular complexity index is 1150. The van der Waals surface area contributed by atoms with Gasteiger partial charge in [-0.1, -0.05) is 25.1 Å². The van der Waals surface area contributed by atoms with Gasteiger partial charge in [-0.25, -0.2) is 9.37 Å². The molecule has 5 rings (SSSR count). The van der Waals surface area contributed by atoms with Crippen molar-refractivity contribution in [3.63, 3.8) is 0 Å². The lowest BCUT2D eigenvalue weighted by atomic mass is 9.97. The van der Waals surface area contributed by atoms with Gasteiger partial charge >= 0.3 is 0 Å². The molecule has 0 spiro atoms. The molecule has 32 heavy (non-hydrogen) atoms. The normalized spacial score (nSPS) is 17.2. The molecule has 2 heterocycles. The molecule has 0 amide bonds. The second-order valence-corrected chi connectivity index (χ2v) is 8.92. The van der Waals surface area contributed by atoms with Crippen LogP contribution >= 0.6 is 0 Å². The molecule has 5 nitrogen and oxygen atoms in total. The Morgan fingerprint density at radius 2 is 2.06 bits per heavy atom. The predicted molar refractivity (Wildman–Crippen MR) is 130 cm³/mol. The molecule has 1 aliphatic carbocycles. The molecule has 1 atom stereocenters. The summed E-state index contributed by atoms with van der Waals surface area (Å²) in [6.45, 7) is 5.94. The first-order valence-corrected chi connectivity index (χ1v) is 11.6. The summed E-state index contributed by atoms with van der Waals surface area (Å²) in [6.07, 6.45) is 6.81. The van der Waals surface area contributed by atoms with Gasteiger partial charge in [-0.05, 0) is 80.5 Å². The first kappa shape index (κ1) is 20.9. The summed E-state index contributed by atoms with van der Waals surface area (Å²) in [5.41, 5.74) is 4.89. The van der Waals surface area contributed by atoms with Crippen LogP contribution in [0.15, 0.2) is 42.5 Å². The van der Waals surface area contributed by atoms with Gasteiger partial charge in [-0.2, -0.15) is 4.98 Å². The SMILES string of the molecule is CC[C@@H](Nc1nc(Nc2cc(C)cc(F)c2)nc2c(C3=CCNCC3)cccc12)C1CC1. The second kappa shape index (κ2) is 8.87. The molecule has 6 heteroatoms. The summed E-state index contributed by atoms with van der Waals surface area (Å²) in [5, 5.41) is 11.4. The smallest absolute Gasteiger partial charge is 0.229 e. The minimum atomic E-state index is -0.271. The first-order chi connectivity index (χ1) is 15.6. The zero-order valence-corrected chi connectivity index (χ0v) is 18.7. The molecule has 0 saturated heterocycles. The molecule has 1 aromatic heterocycles. The average molecular weight is 432 g/mol. The van der Waals surface area contributed by atoms with E-state index in [1.54, 1.807) is 0 Å². The van der Waals surface area contributed by atoms with Gasteiger partial charge in [0, 0.05) is 29.2 Å². The Morgan fingerprint density at radius 1 is 1.19 bits per heavy atom. The first-order valence-electron chi connectivity index (χ1n) is 11.6. The molecule has 3 aromatic rings. The highest BCUT2D eigenvalue weighted by Gasteiger charge is 2.30. The van der Waals surface area contributed by atoms with E-state index in [9.17, 15) is 4.39 Å². The molecule has 2 aliphatic rings. The fourth-order valence-electron chi connectivity index (χ4n) is 4.61. The minimum absolute atomic E-state index is 0.271. The third kappa shape index (κ3) is 4.46. The number of halogens is 1. The number of fused-ring (bicyclic) bond motifs is 1. The van der Waals surface area contributed by atoms with Crippen LogP contribution in [0.3, 0.4) is 0 Å². The molecule has 0 radical (unpaired) electrons. The largest absolute Gasteiger partial charge is 0.366 e. The van der Waals surface area contributed by atoms with Gasteiger partial charge in [0.2, 0.25) is 5.95 Å². The maximum Gasteiger partial charge on any atom is 0.229 e. The highest BCUT2D eigenvalue weighted by molar-refractivity contribution is 5.98. The van der Waals surface area contributed by atoms with Crippen LogP contribution in [0.25, 0.3) is 16.5 Å². The number of aromatic nitrogens is 2. The molecule has 1 aliphatic heterocycles. The molecule has 1 fully saturated rings. The Labute approximate surface area is 188 Å². The maximum atomic E-state index is 14.0. The van der Waals surface area contributed by atoms with Crippen molar-refractivity contribution in [3.8, 4) is 0 Å². The summed E-state index contributed by atoms with van der Waals surface area (Å²) >= 11 is 0. The fraction of sp³-hybridized carbons (Fsp3) is 0.385. The fourth-order valence-corrected chi connectivity index (χ4v) is 4.61. The number of anilines is 3. The summed E-state index contributed by atoms with van der Waals surface area (Å²) in [4.78, 5) is 9.77. The molecule has 0 unspecified atom stereocenters. The van der Waals surface area contributed by atoms with Crippen molar-refractivity contribution in [3.05, 3.63) is 59.4 Å². The number of benzene rings is 2. The second-order valence-electron chi connectivity index (χ2n) is 8.92. The minimum Gasteiger partial charge on any atom is -0.366 e. The lowest BCUT2D eigenvalue weighted by Crippen LogP contribution is -2.22. The van der Waals surface area contributed by atoms with E-state index in [1.807, 2.05) is 13.0 Å². The maximum absolute atomic E-state index is 14.0. The van der Waals surface area contributed by atoms with Crippen molar-refractivity contribution in [2.75, 3.05) is 23.7 Å². The Balaban J connectivity index is 1.61. The Kier molecular flexibility index (Phi) is 5.79. The number of hydrogen-bond acceptors (Lipinski definition) is 5. The van der Waals surface area contributed by atoms with E-state index in [4.69, 9.17) is 9.97 Å². The average Bonchev–Trinajstić information content (AvgIpc) is 3.62. The molecular formula is C26H30FN5. The van der Waals surface area contributed by atoms with E-state index in [2.05, 4.69) is 47.1 Å². The van der Waals surface area contributed by atoms with E-state index in [1.165, 1.54) is 30.5 Å². The lowest BCUT2D eigenvalue weighted by molar-refractivity contribution is 0.615. The lowest BCUT2D eigenvalue weighted by Gasteiger charge is -2.21. The van der Waals surface area contributed by atoms with E-state index in [0.29, 0.717) is 23.6 Å². The van der Waals surface area contributed by atoms with Gasteiger partial charge < -0.3 is 16.0 Å².